The summed E-state index contributed by atoms with van der Waals surface area (Å²) in [5.41, 5.74) is 0. The molecule has 19 heavy (non-hydrogen) atoms. The number of hydrogen-bond donors (Lipinski definition) is 0. The van der Waals surface area contributed by atoms with E-state index in [-0.39, 0.29) is 6.61 Å². The molecule has 2 aromatic carbocycles. The first-order chi connectivity index (χ1) is 8.97. The Kier molecular flexibility index (Phi) is 4.31. The summed E-state index contributed by atoms with van der Waals surface area (Å²) in [5.74, 6) is 0.490. The van der Waals surface area contributed by atoms with Crippen molar-refractivity contribution in [2.75, 3.05) is 13.2 Å². The summed E-state index contributed by atoms with van der Waals surface area (Å²) >= 11 is 3.39. The molecule has 0 aliphatic carbocycles. The highest BCUT2D eigenvalue weighted by atomic mass is 79.9. The summed E-state index contributed by atoms with van der Waals surface area (Å²) < 4.78 is 45.0. The van der Waals surface area contributed by atoms with Crippen molar-refractivity contribution in [2.45, 2.75) is 6.36 Å². The molecule has 0 N–H and O–H groups in total. The summed E-state index contributed by atoms with van der Waals surface area (Å²) in [5, 5.41) is 1.96. The van der Waals surface area contributed by atoms with E-state index in [0.29, 0.717) is 5.75 Å². The van der Waals surface area contributed by atoms with E-state index in [2.05, 4.69) is 20.7 Å². The standard InChI is InChI=1S/C13H10BrF3O2/c14-12-10-4-2-1-3-9(10)5-6-11(12)18-7-8-19-13(15,16)17/h1-6H,7-8H2. The highest BCUT2D eigenvalue weighted by Crippen LogP contribution is 2.33. The third-order valence-corrected chi connectivity index (χ3v) is 3.25. The van der Waals surface area contributed by atoms with E-state index in [1.165, 1.54) is 0 Å². The monoisotopic (exact) mass is 334 g/mol. The van der Waals surface area contributed by atoms with Gasteiger partial charge in [0.25, 0.3) is 0 Å². The number of halogens is 4. The third-order valence-electron chi connectivity index (χ3n) is 2.43. The van der Waals surface area contributed by atoms with Crippen molar-refractivity contribution in [1.29, 1.82) is 0 Å². The van der Waals surface area contributed by atoms with E-state index in [0.717, 1.165) is 15.2 Å². The number of fused-ring (bicyclic) bond motifs is 1. The summed E-state index contributed by atoms with van der Waals surface area (Å²) in [6, 6.07) is 11.2. The maximum Gasteiger partial charge on any atom is 0.522 e. The van der Waals surface area contributed by atoms with E-state index in [4.69, 9.17) is 4.74 Å². The lowest BCUT2D eigenvalue weighted by Gasteiger charge is -2.11. The van der Waals surface area contributed by atoms with Crippen LogP contribution in [0.15, 0.2) is 40.9 Å². The van der Waals surface area contributed by atoms with E-state index < -0.39 is 13.0 Å². The van der Waals surface area contributed by atoms with Crippen LogP contribution in [0.25, 0.3) is 10.8 Å². The third kappa shape index (κ3) is 3.84. The van der Waals surface area contributed by atoms with Crippen molar-refractivity contribution in [1.82, 2.24) is 0 Å². The van der Waals surface area contributed by atoms with Gasteiger partial charge in [0, 0.05) is 0 Å². The van der Waals surface area contributed by atoms with Crippen molar-refractivity contribution in [2.24, 2.45) is 0 Å². The van der Waals surface area contributed by atoms with Gasteiger partial charge < -0.3 is 4.74 Å². The van der Waals surface area contributed by atoms with Crippen molar-refractivity contribution >= 4 is 26.7 Å². The second-order valence-corrected chi connectivity index (χ2v) is 4.53. The molecule has 0 heterocycles. The van der Waals surface area contributed by atoms with Crippen LogP contribution < -0.4 is 4.74 Å². The fourth-order valence-electron chi connectivity index (χ4n) is 1.63. The Morgan fingerprint density at radius 2 is 1.74 bits per heavy atom. The van der Waals surface area contributed by atoms with Crippen LogP contribution in [0.1, 0.15) is 0 Å². The Balaban J connectivity index is 2.03. The van der Waals surface area contributed by atoms with Gasteiger partial charge in [0.05, 0.1) is 11.1 Å². The molecule has 0 unspecified atom stereocenters. The van der Waals surface area contributed by atoms with Gasteiger partial charge in [-0.25, -0.2) is 0 Å². The van der Waals surface area contributed by atoms with Crippen LogP contribution in [-0.4, -0.2) is 19.6 Å². The van der Waals surface area contributed by atoms with Gasteiger partial charge in [0.1, 0.15) is 12.4 Å². The Bertz CT molecular complexity index is 569. The van der Waals surface area contributed by atoms with E-state index in [1.54, 1.807) is 6.07 Å². The van der Waals surface area contributed by atoms with Gasteiger partial charge in [-0.05, 0) is 32.8 Å². The minimum atomic E-state index is -4.62. The van der Waals surface area contributed by atoms with Gasteiger partial charge in [0.15, 0.2) is 0 Å². The van der Waals surface area contributed by atoms with Crippen molar-refractivity contribution in [3.63, 3.8) is 0 Å². The molecule has 0 aliphatic rings. The molecular formula is C13H10BrF3O2. The minimum Gasteiger partial charge on any atom is -0.490 e. The van der Waals surface area contributed by atoms with E-state index in [1.807, 2.05) is 30.3 Å². The lowest BCUT2D eigenvalue weighted by atomic mass is 10.1. The van der Waals surface area contributed by atoms with Crippen LogP contribution in [0.2, 0.25) is 0 Å². The van der Waals surface area contributed by atoms with Crippen LogP contribution in [0, 0.1) is 0 Å². The number of ether oxygens (including phenoxy) is 2. The average Bonchev–Trinajstić information content (AvgIpc) is 2.36. The summed E-state index contributed by atoms with van der Waals surface area (Å²) in [6.07, 6.45) is -4.62. The number of benzene rings is 2. The molecule has 0 amide bonds. The predicted molar refractivity (Wildman–Crippen MR) is 69.2 cm³/mol. The van der Waals surface area contributed by atoms with Crippen LogP contribution in [0.3, 0.4) is 0 Å². The lowest BCUT2D eigenvalue weighted by molar-refractivity contribution is -0.325. The first kappa shape index (κ1) is 14.1. The van der Waals surface area contributed by atoms with E-state index >= 15 is 0 Å². The Labute approximate surface area is 116 Å². The molecule has 2 rings (SSSR count). The maximum atomic E-state index is 11.8. The maximum absolute atomic E-state index is 11.8. The van der Waals surface area contributed by atoms with Gasteiger partial charge in [-0.1, -0.05) is 30.3 Å². The van der Waals surface area contributed by atoms with Crippen LogP contribution in [0.5, 0.6) is 5.75 Å². The minimum absolute atomic E-state index is 0.170. The number of hydrogen-bond acceptors (Lipinski definition) is 2. The molecule has 0 fully saturated rings. The molecule has 6 heteroatoms. The molecule has 2 nitrogen and oxygen atoms in total. The second-order valence-electron chi connectivity index (χ2n) is 3.74. The Hall–Kier alpha value is -1.27. The van der Waals surface area contributed by atoms with Gasteiger partial charge in [-0.2, -0.15) is 0 Å². The fourth-order valence-corrected chi connectivity index (χ4v) is 2.24. The molecule has 2 aromatic rings. The molecule has 0 aromatic heterocycles. The smallest absolute Gasteiger partial charge is 0.490 e. The summed E-state index contributed by atoms with van der Waals surface area (Å²) in [4.78, 5) is 0. The Morgan fingerprint density at radius 3 is 2.47 bits per heavy atom. The molecule has 0 bridgehead atoms. The average molecular weight is 335 g/mol. The van der Waals surface area contributed by atoms with E-state index in [9.17, 15) is 13.2 Å². The van der Waals surface area contributed by atoms with Crippen molar-refractivity contribution < 1.29 is 22.6 Å². The SMILES string of the molecule is FC(F)(F)OCCOc1ccc2ccccc2c1Br. The largest absolute Gasteiger partial charge is 0.522 e. The zero-order valence-corrected chi connectivity index (χ0v) is 11.3. The van der Waals surface area contributed by atoms with Crippen LogP contribution >= 0.6 is 15.9 Å². The predicted octanol–water partition coefficient (Wildman–Crippen LogP) is 4.52. The van der Waals surface area contributed by atoms with Crippen molar-refractivity contribution in [3.05, 3.63) is 40.9 Å². The molecule has 0 aliphatic heterocycles. The lowest BCUT2D eigenvalue weighted by Crippen LogP contribution is -2.18. The number of rotatable bonds is 4. The number of alkyl halides is 3. The zero-order valence-electron chi connectivity index (χ0n) is 9.71. The highest BCUT2D eigenvalue weighted by molar-refractivity contribution is 9.10. The normalized spacial score (nSPS) is 11.8. The summed E-state index contributed by atoms with van der Waals surface area (Å²) in [6.45, 7) is -0.709. The first-order valence-corrected chi connectivity index (χ1v) is 6.27. The van der Waals surface area contributed by atoms with Crippen LogP contribution in [0.4, 0.5) is 13.2 Å². The fraction of sp³-hybridized carbons (Fsp3) is 0.231. The quantitative estimate of drug-likeness (QED) is 0.765. The van der Waals surface area contributed by atoms with Crippen molar-refractivity contribution in [3.8, 4) is 5.75 Å². The van der Waals surface area contributed by atoms with Gasteiger partial charge >= 0.3 is 6.36 Å². The first-order valence-electron chi connectivity index (χ1n) is 5.48. The van der Waals surface area contributed by atoms with Gasteiger partial charge in [0.2, 0.25) is 0 Å². The highest BCUT2D eigenvalue weighted by Gasteiger charge is 2.28. The summed E-state index contributed by atoms with van der Waals surface area (Å²) in [7, 11) is 0. The molecule has 102 valence electrons. The molecule has 0 radical (unpaired) electrons. The van der Waals surface area contributed by atoms with Gasteiger partial charge in [-0.3, -0.25) is 4.74 Å². The molecule has 0 atom stereocenters. The second kappa shape index (κ2) is 5.79. The topological polar surface area (TPSA) is 18.5 Å². The molecular weight excluding hydrogens is 325 g/mol. The van der Waals surface area contributed by atoms with Gasteiger partial charge in [-0.15, -0.1) is 13.2 Å². The molecule has 0 spiro atoms. The van der Waals surface area contributed by atoms with Crippen LogP contribution in [-0.2, 0) is 4.74 Å². The molecule has 0 saturated carbocycles. The zero-order chi connectivity index (χ0) is 13.9. The molecule has 0 saturated heterocycles. The Morgan fingerprint density at radius 1 is 1.00 bits per heavy atom.